The van der Waals surface area contributed by atoms with Crippen LogP contribution in [-0.2, 0) is 12.1 Å². The van der Waals surface area contributed by atoms with Crippen LogP contribution in [0, 0.1) is 18.6 Å². The van der Waals surface area contributed by atoms with Gasteiger partial charge in [0.1, 0.15) is 29.9 Å². The van der Waals surface area contributed by atoms with E-state index in [0.29, 0.717) is 22.5 Å². The van der Waals surface area contributed by atoms with Gasteiger partial charge in [0.2, 0.25) is 0 Å². The van der Waals surface area contributed by atoms with E-state index in [1.165, 1.54) is 34.3 Å². The van der Waals surface area contributed by atoms with E-state index >= 15 is 0 Å². The number of halogens is 3. The second-order valence-corrected chi connectivity index (χ2v) is 8.30. The highest BCUT2D eigenvalue weighted by Gasteiger charge is 2.41. The number of aromatic nitrogens is 5. The van der Waals surface area contributed by atoms with Crippen molar-refractivity contribution in [1.29, 1.82) is 0 Å². The quantitative estimate of drug-likeness (QED) is 0.409. The van der Waals surface area contributed by atoms with Crippen LogP contribution >= 0.6 is 11.6 Å². The van der Waals surface area contributed by atoms with Crippen molar-refractivity contribution >= 4 is 23.2 Å². The topological polar surface area (TPSA) is 97.9 Å². The van der Waals surface area contributed by atoms with Gasteiger partial charge in [-0.2, -0.15) is 10.2 Å². The van der Waals surface area contributed by atoms with Crippen molar-refractivity contribution in [3.05, 3.63) is 94.8 Å². The molecule has 0 aliphatic heterocycles. The minimum atomic E-state index is -1.91. The van der Waals surface area contributed by atoms with Crippen LogP contribution in [0.15, 0.2) is 61.3 Å². The highest BCUT2D eigenvalue weighted by Crippen LogP contribution is 2.37. The number of benzene rings is 2. The molecule has 0 spiro atoms. The van der Waals surface area contributed by atoms with Gasteiger partial charge in [0.15, 0.2) is 0 Å². The van der Waals surface area contributed by atoms with Crippen LogP contribution in [0.2, 0.25) is 5.02 Å². The zero-order valence-corrected chi connectivity index (χ0v) is 19.0. The zero-order chi connectivity index (χ0) is 24.5. The first-order chi connectivity index (χ1) is 16.2. The molecule has 2 aromatic carbocycles. The molecule has 0 fully saturated rings. The van der Waals surface area contributed by atoms with Gasteiger partial charge in [0.25, 0.3) is 5.91 Å². The van der Waals surface area contributed by atoms with Crippen LogP contribution in [0.3, 0.4) is 0 Å². The fourth-order valence-electron chi connectivity index (χ4n) is 3.81. The van der Waals surface area contributed by atoms with Crippen molar-refractivity contribution < 1.29 is 18.7 Å². The number of amides is 1. The molecule has 2 atom stereocenters. The monoisotopic (exact) mass is 486 g/mol. The number of hydrogen-bond donors (Lipinski definition) is 2. The molecule has 8 nitrogen and oxygen atoms in total. The van der Waals surface area contributed by atoms with Crippen LogP contribution < -0.4 is 5.32 Å². The lowest BCUT2D eigenvalue weighted by atomic mass is 9.86. The first-order valence-corrected chi connectivity index (χ1v) is 10.7. The Morgan fingerprint density at radius 2 is 1.94 bits per heavy atom. The van der Waals surface area contributed by atoms with Gasteiger partial charge in [0, 0.05) is 28.0 Å². The van der Waals surface area contributed by atoms with E-state index in [-0.39, 0.29) is 17.7 Å². The Labute approximate surface area is 198 Å². The number of nitrogens with one attached hydrogen (secondary N) is 1. The summed E-state index contributed by atoms with van der Waals surface area (Å²) in [5.41, 5.74) is -0.792. The fourth-order valence-corrected chi connectivity index (χ4v) is 3.94. The molecule has 0 aliphatic carbocycles. The minimum Gasteiger partial charge on any atom is -0.381 e. The Morgan fingerprint density at radius 3 is 2.59 bits per heavy atom. The number of rotatable bonds is 7. The smallest absolute Gasteiger partial charge is 0.259 e. The van der Waals surface area contributed by atoms with E-state index < -0.39 is 29.2 Å². The molecule has 4 aromatic rings. The molecular formula is C23H21ClF2N6O2. The Kier molecular flexibility index (Phi) is 6.45. The lowest BCUT2D eigenvalue weighted by Crippen LogP contribution is -2.41. The lowest BCUT2D eigenvalue weighted by molar-refractivity contribution is -0.0375. The van der Waals surface area contributed by atoms with E-state index in [1.54, 1.807) is 38.1 Å². The molecule has 2 N–H and O–H groups in total. The lowest BCUT2D eigenvalue weighted by Gasteiger charge is -2.35. The Balaban J connectivity index is 1.69. The molecule has 176 valence electrons. The normalized spacial score (nSPS) is 13.9. The van der Waals surface area contributed by atoms with Crippen LogP contribution in [0.4, 0.5) is 14.5 Å². The average molecular weight is 487 g/mol. The molecule has 0 saturated heterocycles. The molecular weight excluding hydrogens is 466 g/mol. The third-order valence-electron chi connectivity index (χ3n) is 5.72. The molecule has 11 heteroatoms. The zero-order valence-electron chi connectivity index (χ0n) is 18.3. The van der Waals surface area contributed by atoms with Crippen LogP contribution in [0.1, 0.15) is 34.6 Å². The molecule has 0 radical (unpaired) electrons. The maximum Gasteiger partial charge on any atom is 0.259 e. The molecule has 34 heavy (non-hydrogen) atoms. The van der Waals surface area contributed by atoms with Crippen LogP contribution in [0.25, 0.3) is 0 Å². The Hall–Kier alpha value is -3.63. The number of aliphatic hydroxyl groups is 1. The largest absolute Gasteiger partial charge is 0.381 e. The maximum atomic E-state index is 14.8. The Morgan fingerprint density at radius 1 is 1.21 bits per heavy atom. The summed E-state index contributed by atoms with van der Waals surface area (Å²) in [6.07, 6.45) is 4.03. The molecule has 2 aromatic heterocycles. The van der Waals surface area contributed by atoms with Gasteiger partial charge in [0.05, 0.1) is 24.3 Å². The average Bonchev–Trinajstić information content (AvgIpc) is 3.44. The molecule has 1 amide bonds. The van der Waals surface area contributed by atoms with E-state index in [4.69, 9.17) is 11.6 Å². The van der Waals surface area contributed by atoms with Gasteiger partial charge >= 0.3 is 0 Å². The maximum absolute atomic E-state index is 14.8. The second kappa shape index (κ2) is 9.32. The van der Waals surface area contributed by atoms with Gasteiger partial charge in [-0.3, -0.25) is 9.48 Å². The molecule has 0 bridgehead atoms. The van der Waals surface area contributed by atoms with Gasteiger partial charge < -0.3 is 10.4 Å². The second-order valence-electron chi connectivity index (χ2n) is 7.87. The first kappa shape index (κ1) is 23.5. The summed E-state index contributed by atoms with van der Waals surface area (Å²) in [6, 6.07) is 8.70. The van der Waals surface area contributed by atoms with Crippen molar-refractivity contribution in [2.75, 3.05) is 5.32 Å². The van der Waals surface area contributed by atoms with Gasteiger partial charge in [-0.25, -0.2) is 18.4 Å². The van der Waals surface area contributed by atoms with E-state index in [9.17, 15) is 18.7 Å². The molecule has 0 unspecified atom stereocenters. The third-order valence-corrected chi connectivity index (χ3v) is 5.97. The Bertz CT molecular complexity index is 1310. The van der Waals surface area contributed by atoms with Crippen molar-refractivity contribution in [1.82, 2.24) is 24.5 Å². The SMILES string of the molecule is Cc1c(C(=O)Nc2ccc(Cl)cc2)cnn1[C@H](C)[C@](O)(Cn1cncn1)c1ccc(F)cc1F. The summed E-state index contributed by atoms with van der Waals surface area (Å²) in [4.78, 5) is 16.7. The predicted octanol–water partition coefficient (Wildman–Crippen LogP) is 4.12. The van der Waals surface area contributed by atoms with Gasteiger partial charge in [-0.15, -0.1) is 0 Å². The predicted molar refractivity (Wildman–Crippen MR) is 121 cm³/mol. The molecule has 0 saturated carbocycles. The van der Waals surface area contributed by atoms with E-state index in [0.717, 1.165) is 6.07 Å². The minimum absolute atomic E-state index is 0.140. The molecule has 4 rings (SSSR count). The summed E-state index contributed by atoms with van der Waals surface area (Å²) in [6.45, 7) is 3.10. The fraction of sp³-hybridized carbons (Fsp3) is 0.217. The van der Waals surface area contributed by atoms with Crippen molar-refractivity contribution in [3.63, 3.8) is 0 Å². The number of anilines is 1. The van der Waals surface area contributed by atoms with Crippen molar-refractivity contribution in [2.24, 2.45) is 0 Å². The standard InChI is InChI=1S/C23H21ClF2N6O2/c1-14-19(22(33)30-18-6-3-16(24)4-7-18)10-28-32(14)15(2)23(34,11-31-13-27-12-29-31)20-8-5-17(25)9-21(20)26/h3-10,12-13,15,34H,11H2,1-2H3,(H,30,33)/t15-,23-/m1/s1. The number of hydrogen-bond acceptors (Lipinski definition) is 5. The van der Waals surface area contributed by atoms with Crippen LogP contribution in [-0.4, -0.2) is 35.6 Å². The molecule has 2 heterocycles. The first-order valence-electron chi connectivity index (χ1n) is 10.3. The summed E-state index contributed by atoms with van der Waals surface area (Å²) < 4.78 is 31.1. The van der Waals surface area contributed by atoms with Crippen molar-refractivity contribution in [2.45, 2.75) is 32.0 Å². The number of carbonyl (C=O) groups excluding carboxylic acids is 1. The van der Waals surface area contributed by atoms with Crippen molar-refractivity contribution in [3.8, 4) is 0 Å². The highest BCUT2D eigenvalue weighted by atomic mass is 35.5. The molecule has 0 aliphatic rings. The van der Waals surface area contributed by atoms with Crippen LogP contribution in [0.5, 0.6) is 0 Å². The van der Waals surface area contributed by atoms with E-state index in [1.807, 2.05) is 0 Å². The summed E-state index contributed by atoms with van der Waals surface area (Å²) in [5, 5.41) is 23.4. The third kappa shape index (κ3) is 4.55. The number of carbonyl (C=O) groups is 1. The number of nitrogens with zero attached hydrogens (tertiary/aromatic N) is 5. The van der Waals surface area contributed by atoms with Gasteiger partial charge in [-0.1, -0.05) is 17.7 Å². The summed E-state index contributed by atoms with van der Waals surface area (Å²) in [5.74, 6) is -2.10. The highest BCUT2D eigenvalue weighted by molar-refractivity contribution is 6.30. The summed E-state index contributed by atoms with van der Waals surface area (Å²) >= 11 is 5.89. The van der Waals surface area contributed by atoms with E-state index in [2.05, 4.69) is 20.5 Å². The summed E-state index contributed by atoms with van der Waals surface area (Å²) in [7, 11) is 0. The van der Waals surface area contributed by atoms with Gasteiger partial charge in [-0.05, 0) is 44.2 Å².